The van der Waals surface area contributed by atoms with Crippen LogP contribution in [0, 0.1) is 13.8 Å². The highest BCUT2D eigenvalue weighted by Gasteiger charge is 2.28. The van der Waals surface area contributed by atoms with Gasteiger partial charge in [-0.1, -0.05) is 43.7 Å². The van der Waals surface area contributed by atoms with E-state index in [2.05, 4.69) is 83.7 Å². The number of hydrogen-bond acceptors (Lipinski definition) is 3. The molecule has 0 spiro atoms. The number of primary amides is 1. The number of carbonyl (C=O) groups excluding carboxylic acids is 1. The normalized spacial score (nSPS) is 15.8. The molecule has 1 aliphatic heterocycles. The van der Waals surface area contributed by atoms with Crippen molar-refractivity contribution in [3.8, 4) is 0 Å². The molecule has 5 rings (SSSR count). The van der Waals surface area contributed by atoms with E-state index in [1.807, 2.05) is 12.1 Å². The van der Waals surface area contributed by atoms with E-state index in [1.54, 1.807) is 0 Å². The summed E-state index contributed by atoms with van der Waals surface area (Å²) in [7, 11) is 0. The molecule has 0 saturated carbocycles. The molecule has 5 nitrogen and oxygen atoms in total. The zero-order valence-electron chi connectivity index (χ0n) is 20.4. The molecule has 1 fully saturated rings. The van der Waals surface area contributed by atoms with Crippen molar-refractivity contribution in [2.75, 3.05) is 31.1 Å². The smallest absolute Gasteiger partial charge is 0.248 e. The van der Waals surface area contributed by atoms with Crippen LogP contribution in [0.3, 0.4) is 0 Å². The van der Waals surface area contributed by atoms with E-state index in [-0.39, 0.29) is 12.1 Å². The van der Waals surface area contributed by atoms with Gasteiger partial charge in [-0.3, -0.25) is 9.69 Å². The van der Waals surface area contributed by atoms with E-state index in [4.69, 9.17) is 5.73 Å². The van der Waals surface area contributed by atoms with Crippen LogP contribution in [0.25, 0.3) is 21.8 Å². The monoisotopic (exact) mass is 454 g/mol. The van der Waals surface area contributed by atoms with Crippen molar-refractivity contribution in [2.24, 2.45) is 5.73 Å². The van der Waals surface area contributed by atoms with Crippen LogP contribution >= 0.6 is 0 Å². The summed E-state index contributed by atoms with van der Waals surface area (Å²) >= 11 is 0. The average Bonchev–Trinajstić information content (AvgIpc) is 3.18. The Morgan fingerprint density at radius 1 is 0.912 bits per heavy atom. The van der Waals surface area contributed by atoms with Gasteiger partial charge in [0.2, 0.25) is 5.91 Å². The number of nitrogens with zero attached hydrogens (tertiary/aromatic N) is 3. The lowest BCUT2D eigenvalue weighted by Crippen LogP contribution is -2.49. The van der Waals surface area contributed by atoms with Gasteiger partial charge in [0.05, 0.1) is 17.2 Å². The van der Waals surface area contributed by atoms with Gasteiger partial charge in [0.25, 0.3) is 0 Å². The number of rotatable bonds is 6. The number of aromatic nitrogens is 1. The number of carbonyl (C=O) groups is 1. The first-order valence-corrected chi connectivity index (χ1v) is 12.4. The maximum atomic E-state index is 11.9. The van der Waals surface area contributed by atoms with E-state index < -0.39 is 0 Å². The predicted molar refractivity (Wildman–Crippen MR) is 142 cm³/mol. The van der Waals surface area contributed by atoms with Crippen LogP contribution in [0.2, 0.25) is 0 Å². The first-order chi connectivity index (χ1) is 16.5. The number of amides is 1. The van der Waals surface area contributed by atoms with Crippen molar-refractivity contribution in [3.63, 3.8) is 0 Å². The van der Waals surface area contributed by atoms with Gasteiger partial charge in [0.1, 0.15) is 0 Å². The van der Waals surface area contributed by atoms with E-state index >= 15 is 0 Å². The quantitative estimate of drug-likeness (QED) is 0.411. The standard InChI is InChI=1S/C29H34N4O/c1-4-8-28(32-17-15-31(16-18-32)25-12-7-9-20(2)21(25)3)33-26-11-6-5-10-23(26)24-19-22(29(30)34)13-14-27(24)33/h5-7,9-14,19,28H,4,8,15-18H2,1-3H3,(H2,30,34). The first kappa shape index (κ1) is 22.5. The zero-order valence-corrected chi connectivity index (χ0v) is 20.4. The minimum absolute atomic E-state index is 0.271. The molecule has 176 valence electrons. The summed E-state index contributed by atoms with van der Waals surface area (Å²) in [5.74, 6) is -0.383. The SMILES string of the molecule is CCCC(N1CCN(c2cccc(C)c2C)CC1)n1c2ccccc2c2cc(C(N)=O)ccc21. The van der Waals surface area contributed by atoms with Crippen LogP contribution in [0.15, 0.2) is 60.7 Å². The summed E-state index contributed by atoms with van der Waals surface area (Å²) in [6, 6.07) is 21.0. The fourth-order valence-electron chi connectivity index (χ4n) is 5.55. The van der Waals surface area contributed by atoms with Gasteiger partial charge in [0.15, 0.2) is 0 Å². The second kappa shape index (κ2) is 9.15. The third-order valence-corrected chi connectivity index (χ3v) is 7.49. The lowest BCUT2D eigenvalue weighted by Gasteiger charge is -2.41. The van der Waals surface area contributed by atoms with Crippen LogP contribution < -0.4 is 10.6 Å². The molecule has 1 aromatic heterocycles. The molecule has 1 amide bonds. The van der Waals surface area contributed by atoms with Crippen molar-refractivity contribution >= 4 is 33.4 Å². The van der Waals surface area contributed by atoms with Crippen LogP contribution in [0.1, 0.15) is 47.4 Å². The summed E-state index contributed by atoms with van der Waals surface area (Å²) in [6.45, 7) is 10.8. The largest absolute Gasteiger partial charge is 0.369 e. The highest BCUT2D eigenvalue weighted by molar-refractivity contribution is 6.10. The molecule has 5 heteroatoms. The Kier molecular flexibility index (Phi) is 6.05. The molecule has 2 N–H and O–H groups in total. The minimum atomic E-state index is -0.383. The average molecular weight is 455 g/mol. The second-order valence-electron chi connectivity index (χ2n) is 9.49. The highest BCUT2D eigenvalue weighted by Crippen LogP contribution is 2.36. The van der Waals surface area contributed by atoms with Crippen LogP contribution in [0.4, 0.5) is 5.69 Å². The summed E-state index contributed by atoms with van der Waals surface area (Å²) in [6.07, 6.45) is 2.46. The third-order valence-electron chi connectivity index (χ3n) is 7.49. The molecule has 0 bridgehead atoms. The third kappa shape index (κ3) is 3.84. The molecular weight excluding hydrogens is 420 g/mol. The second-order valence-corrected chi connectivity index (χ2v) is 9.49. The lowest BCUT2D eigenvalue weighted by atomic mass is 10.1. The van der Waals surface area contributed by atoms with Crippen molar-refractivity contribution in [3.05, 3.63) is 77.4 Å². The molecule has 1 atom stereocenters. The molecule has 1 aliphatic rings. The Labute approximate surface area is 201 Å². The molecule has 0 radical (unpaired) electrons. The molecule has 0 aliphatic carbocycles. The number of para-hydroxylation sites is 1. The highest BCUT2D eigenvalue weighted by atomic mass is 16.1. The number of anilines is 1. The fourth-order valence-corrected chi connectivity index (χ4v) is 5.55. The van der Waals surface area contributed by atoms with E-state index in [1.165, 1.54) is 33.2 Å². The maximum absolute atomic E-state index is 11.9. The van der Waals surface area contributed by atoms with Crippen molar-refractivity contribution in [2.45, 2.75) is 39.8 Å². The first-order valence-electron chi connectivity index (χ1n) is 12.4. The molecule has 1 unspecified atom stereocenters. The summed E-state index contributed by atoms with van der Waals surface area (Å²) < 4.78 is 2.49. The Bertz CT molecular complexity index is 1350. The fraction of sp³-hybridized carbons (Fsp3) is 0.345. The summed E-state index contributed by atoms with van der Waals surface area (Å²) in [4.78, 5) is 17.0. The maximum Gasteiger partial charge on any atom is 0.248 e. The topological polar surface area (TPSA) is 54.5 Å². The van der Waals surface area contributed by atoms with Crippen LogP contribution in [-0.4, -0.2) is 41.6 Å². The van der Waals surface area contributed by atoms with Gasteiger partial charge in [-0.2, -0.15) is 0 Å². The molecule has 34 heavy (non-hydrogen) atoms. The van der Waals surface area contributed by atoms with Gasteiger partial charge in [-0.05, 0) is 61.7 Å². The number of piperazine rings is 1. The Hall–Kier alpha value is -3.31. The molecular formula is C29H34N4O. The van der Waals surface area contributed by atoms with Gasteiger partial charge >= 0.3 is 0 Å². The Morgan fingerprint density at radius 3 is 2.38 bits per heavy atom. The van der Waals surface area contributed by atoms with Gasteiger partial charge in [-0.25, -0.2) is 0 Å². The van der Waals surface area contributed by atoms with Gasteiger partial charge < -0.3 is 15.2 Å². The minimum Gasteiger partial charge on any atom is -0.369 e. The van der Waals surface area contributed by atoms with Crippen LogP contribution in [0.5, 0.6) is 0 Å². The van der Waals surface area contributed by atoms with Gasteiger partial charge in [0, 0.05) is 48.2 Å². The molecule has 1 saturated heterocycles. The van der Waals surface area contributed by atoms with Crippen LogP contribution in [-0.2, 0) is 0 Å². The number of hydrogen-bond donors (Lipinski definition) is 1. The Morgan fingerprint density at radius 2 is 1.65 bits per heavy atom. The number of fused-ring (bicyclic) bond motifs is 3. The van der Waals surface area contributed by atoms with E-state index in [0.717, 1.165) is 44.4 Å². The predicted octanol–water partition coefficient (Wildman–Crippen LogP) is 5.63. The summed E-state index contributed by atoms with van der Waals surface area (Å²) in [5.41, 5.74) is 12.6. The van der Waals surface area contributed by atoms with E-state index in [9.17, 15) is 4.79 Å². The van der Waals surface area contributed by atoms with Crippen molar-refractivity contribution in [1.29, 1.82) is 0 Å². The summed E-state index contributed by atoms with van der Waals surface area (Å²) in [5, 5.41) is 2.28. The van der Waals surface area contributed by atoms with Gasteiger partial charge in [-0.15, -0.1) is 0 Å². The lowest BCUT2D eigenvalue weighted by molar-refractivity contribution is 0.100. The number of benzene rings is 3. The molecule has 4 aromatic rings. The molecule has 2 heterocycles. The number of nitrogens with two attached hydrogens (primary N) is 1. The van der Waals surface area contributed by atoms with Crippen molar-refractivity contribution < 1.29 is 4.79 Å². The van der Waals surface area contributed by atoms with Crippen molar-refractivity contribution in [1.82, 2.24) is 9.47 Å². The molecule has 3 aromatic carbocycles. The Balaban J connectivity index is 1.52. The zero-order chi connectivity index (χ0) is 23.8. The number of aryl methyl sites for hydroxylation is 1. The van der Waals surface area contributed by atoms with E-state index in [0.29, 0.717) is 5.56 Å².